The van der Waals surface area contributed by atoms with Crippen molar-refractivity contribution in [2.24, 2.45) is 11.7 Å². The molecule has 2 N–H and O–H groups in total. The van der Waals surface area contributed by atoms with Gasteiger partial charge < -0.3 is 10.6 Å². The number of rotatable bonds is 2. The summed E-state index contributed by atoms with van der Waals surface area (Å²) >= 11 is 0. The van der Waals surface area contributed by atoms with Gasteiger partial charge in [0, 0.05) is 12.6 Å². The molecule has 2 heteroatoms. The van der Waals surface area contributed by atoms with E-state index in [1.807, 2.05) is 0 Å². The van der Waals surface area contributed by atoms with E-state index in [9.17, 15) is 0 Å². The van der Waals surface area contributed by atoms with Crippen LogP contribution in [0.3, 0.4) is 0 Å². The van der Waals surface area contributed by atoms with E-state index in [0.29, 0.717) is 12.0 Å². The molecule has 0 aromatic heterocycles. The highest BCUT2D eigenvalue weighted by atomic mass is 15.2. The first kappa shape index (κ1) is 11.1. The summed E-state index contributed by atoms with van der Waals surface area (Å²) in [5.74, 6) is 1.50. The normalized spacial score (nSPS) is 17.0. The summed E-state index contributed by atoms with van der Waals surface area (Å²) in [6.45, 7) is 7.63. The van der Waals surface area contributed by atoms with Crippen LogP contribution in [0.2, 0.25) is 0 Å². The molecule has 1 atom stereocenters. The first-order chi connectivity index (χ1) is 7.59. The zero-order valence-corrected chi connectivity index (χ0v) is 10.3. The molecular formula is C14H20N2. The van der Waals surface area contributed by atoms with Gasteiger partial charge in [-0.3, -0.25) is 0 Å². The highest BCUT2D eigenvalue weighted by Crippen LogP contribution is 2.25. The SMILES string of the molecule is CC(C)C(C)N1Cc2ccccc2C=C1N. The molecule has 0 fully saturated rings. The molecule has 86 valence electrons. The maximum absolute atomic E-state index is 6.12. The first-order valence-electron chi connectivity index (χ1n) is 5.91. The fourth-order valence-corrected chi connectivity index (χ4v) is 2.08. The minimum absolute atomic E-state index is 0.476. The Labute approximate surface area is 97.8 Å². The molecule has 1 heterocycles. The van der Waals surface area contributed by atoms with E-state index in [1.54, 1.807) is 0 Å². The highest BCUT2D eigenvalue weighted by Gasteiger charge is 2.22. The molecule has 0 bridgehead atoms. The van der Waals surface area contributed by atoms with Crippen molar-refractivity contribution in [3.63, 3.8) is 0 Å². The lowest BCUT2D eigenvalue weighted by Gasteiger charge is -2.36. The summed E-state index contributed by atoms with van der Waals surface area (Å²) in [5.41, 5.74) is 8.74. The molecule has 1 unspecified atom stereocenters. The van der Waals surface area contributed by atoms with Crippen molar-refractivity contribution >= 4 is 6.08 Å². The molecule has 0 radical (unpaired) electrons. The third kappa shape index (κ3) is 1.92. The van der Waals surface area contributed by atoms with E-state index in [4.69, 9.17) is 5.73 Å². The average molecular weight is 216 g/mol. The zero-order valence-electron chi connectivity index (χ0n) is 10.3. The number of nitrogens with two attached hydrogens (primary N) is 1. The molecule has 0 amide bonds. The lowest BCUT2D eigenvalue weighted by molar-refractivity contribution is 0.206. The number of nitrogens with zero attached hydrogens (tertiary/aromatic N) is 1. The molecule has 1 aliphatic heterocycles. The lowest BCUT2D eigenvalue weighted by Crippen LogP contribution is -2.39. The third-order valence-electron chi connectivity index (χ3n) is 3.49. The first-order valence-corrected chi connectivity index (χ1v) is 5.91. The fourth-order valence-electron chi connectivity index (χ4n) is 2.08. The molecular weight excluding hydrogens is 196 g/mol. The van der Waals surface area contributed by atoms with Gasteiger partial charge in [0.2, 0.25) is 0 Å². The summed E-state index contributed by atoms with van der Waals surface area (Å²) in [6, 6.07) is 8.93. The topological polar surface area (TPSA) is 29.3 Å². The van der Waals surface area contributed by atoms with Gasteiger partial charge in [0.25, 0.3) is 0 Å². The Kier molecular flexibility index (Phi) is 2.90. The van der Waals surface area contributed by atoms with Crippen LogP contribution in [0, 0.1) is 5.92 Å². The summed E-state index contributed by atoms with van der Waals surface area (Å²) in [7, 11) is 0. The lowest BCUT2D eigenvalue weighted by atomic mass is 9.98. The van der Waals surface area contributed by atoms with Crippen LogP contribution in [0.25, 0.3) is 6.08 Å². The van der Waals surface area contributed by atoms with Gasteiger partial charge in [-0.1, -0.05) is 38.1 Å². The Morgan fingerprint density at radius 3 is 2.56 bits per heavy atom. The van der Waals surface area contributed by atoms with Crippen molar-refractivity contribution in [3.8, 4) is 0 Å². The Balaban J connectivity index is 2.30. The van der Waals surface area contributed by atoms with Crippen molar-refractivity contribution in [3.05, 3.63) is 41.2 Å². The maximum Gasteiger partial charge on any atom is 0.0998 e. The standard InChI is InChI=1S/C14H20N2/c1-10(2)11(3)16-9-13-7-5-4-6-12(13)8-14(16)15/h4-8,10-11H,9,15H2,1-3H3. The number of hydrogen-bond acceptors (Lipinski definition) is 2. The Hall–Kier alpha value is -1.44. The zero-order chi connectivity index (χ0) is 11.7. The van der Waals surface area contributed by atoms with Crippen molar-refractivity contribution in [2.45, 2.75) is 33.4 Å². The number of fused-ring (bicyclic) bond motifs is 1. The van der Waals surface area contributed by atoms with Crippen LogP contribution in [0.4, 0.5) is 0 Å². The molecule has 2 nitrogen and oxygen atoms in total. The molecule has 0 saturated carbocycles. The molecule has 1 aromatic carbocycles. The molecule has 1 aromatic rings. The maximum atomic E-state index is 6.12. The predicted molar refractivity (Wildman–Crippen MR) is 68.4 cm³/mol. The van der Waals surface area contributed by atoms with E-state index in [1.165, 1.54) is 11.1 Å². The number of hydrogen-bond donors (Lipinski definition) is 1. The molecule has 2 rings (SSSR count). The second kappa shape index (κ2) is 4.20. The van der Waals surface area contributed by atoms with E-state index in [-0.39, 0.29) is 0 Å². The van der Waals surface area contributed by atoms with Crippen LogP contribution in [0.5, 0.6) is 0 Å². The minimum atomic E-state index is 0.476. The van der Waals surface area contributed by atoms with Gasteiger partial charge in [-0.25, -0.2) is 0 Å². The van der Waals surface area contributed by atoms with Gasteiger partial charge in [0.1, 0.15) is 0 Å². The van der Waals surface area contributed by atoms with Gasteiger partial charge in [-0.05, 0) is 30.0 Å². The molecule has 0 spiro atoms. The highest BCUT2D eigenvalue weighted by molar-refractivity contribution is 5.58. The smallest absolute Gasteiger partial charge is 0.0998 e. The minimum Gasteiger partial charge on any atom is -0.385 e. The second-order valence-electron chi connectivity index (χ2n) is 4.88. The predicted octanol–water partition coefficient (Wildman–Crippen LogP) is 2.80. The quantitative estimate of drug-likeness (QED) is 0.823. The van der Waals surface area contributed by atoms with E-state index >= 15 is 0 Å². The van der Waals surface area contributed by atoms with E-state index < -0.39 is 0 Å². The van der Waals surface area contributed by atoms with Crippen molar-refractivity contribution in [1.29, 1.82) is 0 Å². The van der Waals surface area contributed by atoms with Gasteiger partial charge >= 0.3 is 0 Å². The van der Waals surface area contributed by atoms with Crippen LogP contribution >= 0.6 is 0 Å². The largest absolute Gasteiger partial charge is 0.385 e. The monoisotopic (exact) mass is 216 g/mol. The van der Waals surface area contributed by atoms with Crippen LogP contribution in [-0.2, 0) is 6.54 Å². The Morgan fingerprint density at radius 1 is 1.19 bits per heavy atom. The van der Waals surface area contributed by atoms with Gasteiger partial charge in [0.05, 0.1) is 5.82 Å². The third-order valence-corrected chi connectivity index (χ3v) is 3.49. The number of benzene rings is 1. The molecule has 16 heavy (non-hydrogen) atoms. The molecule has 1 aliphatic rings. The van der Waals surface area contributed by atoms with Crippen molar-refractivity contribution in [1.82, 2.24) is 4.90 Å². The van der Waals surface area contributed by atoms with Gasteiger partial charge in [-0.2, -0.15) is 0 Å². The van der Waals surface area contributed by atoms with Crippen LogP contribution in [0.15, 0.2) is 30.1 Å². The van der Waals surface area contributed by atoms with Crippen molar-refractivity contribution < 1.29 is 0 Å². The van der Waals surface area contributed by atoms with Crippen molar-refractivity contribution in [2.75, 3.05) is 0 Å². The molecule has 0 saturated heterocycles. The molecule has 0 aliphatic carbocycles. The van der Waals surface area contributed by atoms with Crippen LogP contribution < -0.4 is 5.73 Å². The van der Waals surface area contributed by atoms with E-state index in [0.717, 1.165) is 12.4 Å². The fraction of sp³-hybridized carbons (Fsp3) is 0.429. The Bertz CT molecular complexity index is 407. The summed E-state index contributed by atoms with van der Waals surface area (Å²) in [5, 5.41) is 0. The Morgan fingerprint density at radius 2 is 1.88 bits per heavy atom. The second-order valence-corrected chi connectivity index (χ2v) is 4.88. The summed E-state index contributed by atoms with van der Waals surface area (Å²) in [4.78, 5) is 2.28. The van der Waals surface area contributed by atoms with Crippen LogP contribution in [-0.4, -0.2) is 10.9 Å². The summed E-state index contributed by atoms with van der Waals surface area (Å²) < 4.78 is 0. The van der Waals surface area contributed by atoms with Gasteiger partial charge in [-0.15, -0.1) is 0 Å². The van der Waals surface area contributed by atoms with E-state index in [2.05, 4.69) is 56.0 Å². The van der Waals surface area contributed by atoms with Crippen LogP contribution in [0.1, 0.15) is 31.9 Å². The average Bonchev–Trinajstić information content (AvgIpc) is 2.27. The van der Waals surface area contributed by atoms with Gasteiger partial charge in [0.15, 0.2) is 0 Å². The summed E-state index contributed by atoms with van der Waals surface area (Å²) in [6.07, 6.45) is 2.08.